The molecule has 0 atom stereocenters. The van der Waals surface area contributed by atoms with E-state index in [0.29, 0.717) is 6.79 Å². The minimum absolute atomic E-state index is 0.468. The molecule has 0 saturated heterocycles. The third-order valence-corrected chi connectivity index (χ3v) is 3.42. The molecule has 0 N–H and O–H groups in total. The molecule has 118 valence electrons. The second-order valence-corrected chi connectivity index (χ2v) is 5.42. The maximum absolute atomic E-state index is 5.46. The van der Waals surface area contributed by atoms with Gasteiger partial charge in [-0.3, -0.25) is 0 Å². The Kier molecular flexibility index (Phi) is 18.0. The van der Waals surface area contributed by atoms with Crippen molar-refractivity contribution in [2.45, 2.75) is 84.0 Å². The molecule has 2 nitrogen and oxygen atoms in total. The van der Waals surface area contributed by atoms with E-state index >= 15 is 0 Å². The molecule has 0 saturated carbocycles. The molecule has 0 aromatic heterocycles. The fourth-order valence-corrected chi connectivity index (χ4v) is 2.12. The van der Waals surface area contributed by atoms with Crippen LogP contribution in [0.5, 0.6) is 0 Å². The Balaban J connectivity index is 2.91. The molecule has 0 aliphatic heterocycles. The Morgan fingerprint density at radius 2 is 1.20 bits per heavy atom. The fraction of sp³-hybridized carbons (Fsp3) is 0.889. The fourth-order valence-electron chi connectivity index (χ4n) is 2.12. The van der Waals surface area contributed by atoms with E-state index in [4.69, 9.17) is 15.9 Å². The van der Waals surface area contributed by atoms with Crippen molar-refractivity contribution in [2.24, 2.45) is 0 Å². The van der Waals surface area contributed by atoms with Crippen LogP contribution in [0.25, 0.3) is 0 Å². The molecule has 0 bridgehead atoms. The van der Waals surface area contributed by atoms with Crippen molar-refractivity contribution in [3.8, 4) is 12.3 Å². The molecule has 0 aliphatic carbocycles. The monoisotopic (exact) mass is 282 g/mol. The average Bonchev–Trinajstić information content (AvgIpc) is 2.47. The molecule has 0 amide bonds. The maximum atomic E-state index is 5.46. The van der Waals surface area contributed by atoms with E-state index in [1.807, 2.05) is 0 Å². The summed E-state index contributed by atoms with van der Waals surface area (Å²) < 4.78 is 10.9. The second-order valence-electron chi connectivity index (χ2n) is 5.42. The van der Waals surface area contributed by atoms with Crippen LogP contribution in [-0.2, 0) is 9.47 Å². The van der Waals surface area contributed by atoms with Gasteiger partial charge in [0.15, 0.2) is 0 Å². The Bertz CT molecular complexity index is 208. The molecule has 0 heterocycles. The minimum atomic E-state index is 0.468. The first kappa shape index (κ1) is 19.5. The Morgan fingerprint density at radius 1 is 0.700 bits per heavy atom. The zero-order valence-corrected chi connectivity index (χ0v) is 13.5. The van der Waals surface area contributed by atoms with Gasteiger partial charge in [-0.2, -0.15) is 0 Å². The molecular formula is C18H34O2. The molecule has 0 aromatic rings. The number of terminal acetylenes is 1. The van der Waals surface area contributed by atoms with Gasteiger partial charge in [0, 0.05) is 19.6 Å². The summed E-state index contributed by atoms with van der Waals surface area (Å²) in [6.07, 6.45) is 20.0. The Labute approximate surface area is 126 Å². The van der Waals surface area contributed by atoms with Crippen molar-refractivity contribution in [3.63, 3.8) is 0 Å². The first-order valence-electron chi connectivity index (χ1n) is 8.50. The van der Waals surface area contributed by atoms with Crippen LogP contribution in [-0.4, -0.2) is 20.0 Å². The molecule has 0 aliphatic rings. The molecule has 0 radical (unpaired) electrons. The molecule has 2 heteroatoms. The predicted molar refractivity (Wildman–Crippen MR) is 86.7 cm³/mol. The highest BCUT2D eigenvalue weighted by atomic mass is 16.7. The molecular weight excluding hydrogens is 248 g/mol. The summed E-state index contributed by atoms with van der Waals surface area (Å²) in [7, 11) is 0. The maximum Gasteiger partial charge on any atom is 0.146 e. The van der Waals surface area contributed by atoms with E-state index in [1.165, 1.54) is 64.2 Å². The minimum Gasteiger partial charge on any atom is -0.355 e. The molecule has 0 unspecified atom stereocenters. The van der Waals surface area contributed by atoms with Gasteiger partial charge in [-0.25, -0.2) is 0 Å². The van der Waals surface area contributed by atoms with Crippen molar-refractivity contribution in [1.29, 1.82) is 0 Å². The molecule has 0 aromatic carbocycles. The SMILES string of the molecule is C#CCCCCCCCCOCOCCCCCCC. The van der Waals surface area contributed by atoms with Crippen LogP contribution < -0.4 is 0 Å². The summed E-state index contributed by atoms with van der Waals surface area (Å²) >= 11 is 0. The summed E-state index contributed by atoms with van der Waals surface area (Å²) in [6.45, 7) is 4.39. The van der Waals surface area contributed by atoms with Gasteiger partial charge in [-0.05, 0) is 19.3 Å². The lowest BCUT2D eigenvalue weighted by Gasteiger charge is -2.06. The van der Waals surface area contributed by atoms with Crippen LogP contribution in [0.2, 0.25) is 0 Å². The number of rotatable bonds is 16. The molecule has 20 heavy (non-hydrogen) atoms. The zero-order valence-electron chi connectivity index (χ0n) is 13.5. The van der Waals surface area contributed by atoms with E-state index in [2.05, 4.69) is 12.8 Å². The van der Waals surface area contributed by atoms with Crippen molar-refractivity contribution >= 4 is 0 Å². The smallest absolute Gasteiger partial charge is 0.146 e. The lowest BCUT2D eigenvalue weighted by atomic mass is 10.1. The van der Waals surface area contributed by atoms with Gasteiger partial charge >= 0.3 is 0 Å². The molecule has 0 fully saturated rings. The second kappa shape index (κ2) is 18.5. The van der Waals surface area contributed by atoms with E-state index in [1.54, 1.807) is 0 Å². The summed E-state index contributed by atoms with van der Waals surface area (Å²) in [6, 6.07) is 0. The highest BCUT2D eigenvalue weighted by Gasteiger charge is 1.93. The van der Waals surface area contributed by atoms with Crippen LogP contribution in [0.15, 0.2) is 0 Å². The third-order valence-electron chi connectivity index (χ3n) is 3.42. The van der Waals surface area contributed by atoms with Gasteiger partial charge in [-0.15, -0.1) is 12.3 Å². The number of unbranched alkanes of at least 4 members (excludes halogenated alkanes) is 10. The number of hydrogen-bond acceptors (Lipinski definition) is 2. The summed E-state index contributed by atoms with van der Waals surface area (Å²) in [5, 5.41) is 0. The van der Waals surface area contributed by atoms with E-state index < -0.39 is 0 Å². The van der Waals surface area contributed by atoms with Crippen LogP contribution in [0, 0.1) is 12.3 Å². The van der Waals surface area contributed by atoms with E-state index in [9.17, 15) is 0 Å². The first-order valence-corrected chi connectivity index (χ1v) is 8.50. The highest BCUT2D eigenvalue weighted by Crippen LogP contribution is 2.07. The van der Waals surface area contributed by atoms with Crippen LogP contribution in [0.3, 0.4) is 0 Å². The van der Waals surface area contributed by atoms with Crippen molar-refractivity contribution < 1.29 is 9.47 Å². The van der Waals surface area contributed by atoms with Gasteiger partial charge in [0.1, 0.15) is 6.79 Å². The van der Waals surface area contributed by atoms with Crippen molar-refractivity contribution in [1.82, 2.24) is 0 Å². The molecule has 0 rings (SSSR count). The molecule has 0 spiro atoms. The normalized spacial score (nSPS) is 10.6. The van der Waals surface area contributed by atoms with Crippen LogP contribution in [0.4, 0.5) is 0 Å². The van der Waals surface area contributed by atoms with E-state index in [0.717, 1.165) is 26.1 Å². The first-order chi connectivity index (χ1) is 9.91. The standard InChI is InChI=1S/C18H34O2/c1-3-5-7-9-10-11-13-15-17-20-18-19-16-14-12-8-6-4-2/h1H,4-18H2,2H3. The van der Waals surface area contributed by atoms with E-state index in [-0.39, 0.29) is 0 Å². The number of hydrogen-bond donors (Lipinski definition) is 0. The van der Waals surface area contributed by atoms with Gasteiger partial charge in [-0.1, -0.05) is 58.3 Å². The lowest BCUT2D eigenvalue weighted by molar-refractivity contribution is -0.0556. The highest BCUT2D eigenvalue weighted by molar-refractivity contribution is 4.82. The summed E-state index contributed by atoms with van der Waals surface area (Å²) in [5.41, 5.74) is 0. The average molecular weight is 282 g/mol. The van der Waals surface area contributed by atoms with Crippen LogP contribution >= 0.6 is 0 Å². The third kappa shape index (κ3) is 17.5. The largest absolute Gasteiger partial charge is 0.355 e. The van der Waals surface area contributed by atoms with Crippen LogP contribution in [0.1, 0.15) is 84.0 Å². The Hall–Kier alpha value is -0.520. The summed E-state index contributed by atoms with van der Waals surface area (Å²) in [4.78, 5) is 0. The van der Waals surface area contributed by atoms with Gasteiger partial charge in [0.25, 0.3) is 0 Å². The van der Waals surface area contributed by atoms with Crippen molar-refractivity contribution in [3.05, 3.63) is 0 Å². The zero-order chi connectivity index (χ0) is 14.7. The van der Waals surface area contributed by atoms with Gasteiger partial charge in [0.2, 0.25) is 0 Å². The van der Waals surface area contributed by atoms with Gasteiger partial charge in [0.05, 0.1) is 0 Å². The van der Waals surface area contributed by atoms with Crippen molar-refractivity contribution in [2.75, 3.05) is 20.0 Å². The topological polar surface area (TPSA) is 18.5 Å². The predicted octanol–water partition coefficient (Wildman–Crippen LogP) is 5.31. The quantitative estimate of drug-likeness (QED) is 0.217. The number of ether oxygens (including phenoxy) is 2. The summed E-state index contributed by atoms with van der Waals surface area (Å²) in [5.74, 6) is 2.68. The van der Waals surface area contributed by atoms with Gasteiger partial charge < -0.3 is 9.47 Å². The Morgan fingerprint density at radius 3 is 1.75 bits per heavy atom. The lowest BCUT2D eigenvalue weighted by Crippen LogP contribution is -2.03.